The van der Waals surface area contributed by atoms with Gasteiger partial charge in [0.1, 0.15) is 6.54 Å². The molecule has 3 nitrogen and oxygen atoms in total. The van der Waals surface area contributed by atoms with Crippen molar-refractivity contribution in [3.63, 3.8) is 0 Å². The molecule has 0 rings (SSSR count). The first kappa shape index (κ1) is 12.5. The Kier molecular flexibility index (Phi) is 11.1. The van der Waals surface area contributed by atoms with Gasteiger partial charge in [0.15, 0.2) is 0 Å². The van der Waals surface area contributed by atoms with Crippen molar-refractivity contribution in [2.24, 2.45) is 4.99 Å². The van der Waals surface area contributed by atoms with Gasteiger partial charge in [-0.25, -0.2) is 4.99 Å². The minimum absolute atomic E-state index is 0. The zero-order valence-corrected chi connectivity index (χ0v) is 5.90. The molecule has 0 aromatic carbocycles. The Morgan fingerprint density at radius 1 is 1.80 bits per heavy atom. The number of thiocarbonyl (C=S) groups is 1. The van der Waals surface area contributed by atoms with Crippen molar-refractivity contribution in [2.45, 2.75) is 6.92 Å². The summed E-state index contributed by atoms with van der Waals surface area (Å²) in [5.41, 5.74) is 0. The predicted molar refractivity (Wildman–Crippen MR) is 43.7 cm³/mol. The minimum atomic E-state index is -0.366. The number of hydrogen-bond acceptors (Lipinski definition) is 4. The van der Waals surface area contributed by atoms with Gasteiger partial charge in [-0.15, -0.1) is 0 Å². The number of isothiocyanates is 1. The summed E-state index contributed by atoms with van der Waals surface area (Å²) in [7, 11) is 0. The van der Waals surface area contributed by atoms with E-state index in [9.17, 15) is 4.79 Å². The standard InChI is InChI=1S/C5H7NO2S.Li.H/c1-2-8-5(7)3-6-4-9;;/h2-3H2,1H3;;. The van der Waals surface area contributed by atoms with Crippen LogP contribution in [0.25, 0.3) is 0 Å². The molecule has 0 unspecified atom stereocenters. The first-order valence-corrected chi connectivity index (χ1v) is 2.91. The number of nitrogens with zero attached hydrogens (tertiary/aromatic N) is 1. The van der Waals surface area contributed by atoms with Crippen LogP contribution in [0.4, 0.5) is 0 Å². The molecule has 0 N–H and O–H groups in total. The zero-order valence-electron chi connectivity index (χ0n) is 5.09. The molecule has 0 saturated carbocycles. The first-order valence-electron chi connectivity index (χ1n) is 2.50. The fraction of sp³-hybridized carbons (Fsp3) is 0.600. The molecular weight excluding hydrogens is 145 g/mol. The van der Waals surface area contributed by atoms with E-state index in [1.165, 1.54) is 0 Å². The SMILES string of the molecule is CCOC(=O)CN=C=S.[LiH]. The molecule has 0 fully saturated rings. The molecule has 0 saturated heterocycles. The monoisotopic (exact) mass is 153 g/mol. The molecule has 0 bridgehead atoms. The molecule has 0 atom stereocenters. The van der Waals surface area contributed by atoms with Crippen LogP contribution in [0.1, 0.15) is 6.92 Å². The van der Waals surface area contributed by atoms with Crippen molar-refractivity contribution < 1.29 is 9.53 Å². The van der Waals surface area contributed by atoms with Crippen LogP contribution in [-0.4, -0.2) is 43.1 Å². The molecule has 0 aliphatic heterocycles. The second-order valence-electron chi connectivity index (χ2n) is 1.21. The summed E-state index contributed by atoms with van der Waals surface area (Å²) < 4.78 is 4.52. The van der Waals surface area contributed by atoms with Crippen LogP contribution in [-0.2, 0) is 9.53 Å². The second kappa shape index (κ2) is 8.87. The molecule has 0 radical (unpaired) electrons. The summed E-state index contributed by atoms with van der Waals surface area (Å²) in [5.74, 6) is -0.366. The first-order chi connectivity index (χ1) is 4.31. The average molecular weight is 153 g/mol. The van der Waals surface area contributed by atoms with Gasteiger partial charge >= 0.3 is 24.8 Å². The molecule has 0 spiro atoms. The second-order valence-corrected chi connectivity index (χ2v) is 1.40. The summed E-state index contributed by atoms with van der Waals surface area (Å²) in [6.45, 7) is 2.10. The van der Waals surface area contributed by atoms with Crippen molar-refractivity contribution in [3.8, 4) is 0 Å². The maximum absolute atomic E-state index is 10.4. The zero-order chi connectivity index (χ0) is 7.11. The quantitative estimate of drug-likeness (QED) is 0.248. The number of ether oxygens (including phenoxy) is 1. The van der Waals surface area contributed by atoms with E-state index in [2.05, 4.69) is 27.1 Å². The Balaban J connectivity index is 0. The molecule has 0 aliphatic carbocycles. The van der Waals surface area contributed by atoms with E-state index < -0.39 is 0 Å². The number of carbonyl (C=O) groups excluding carboxylic acids is 1. The Bertz CT molecular complexity index is 145. The fourth-order valence-electron chi connectivity index (χ4n) is 0.303. The van der Waals surface area contributed by atoms with E-state index >= 15 is 0 Å². The molecule has 0 aromatic rings. The molecular formula is C5H8LiNO2S. The number of rotatable bonds is 3. The van der Waals surface area contributed by atoms with Crippen molar-refractivity contribution in [2.75, 3.05) is 13.2 Å². The molecule has 0 heterocycles. The van der Waals surface area contributed by atoms with Crippen molar-refractivity contribution in [3.05, 3.63) is 0 Å². The van der Waals surface area contributed by atoms with Gasteiger partial charge in [-0.3, -0.25) is 4.79 Å². The van der Waals surface area contributed by atoms with Crippen LogP contribution < -0.4 is 0 Å². The molecule has 5 heteroatoms. The van der Waals surface area contributed by atoms with Gasteiger partial charge in [-0.2, -0.15) is 0 Å². The third-order valence-corrected chi connectivity index (χ3v) is 0.707. The van der Waals surface area contributed by atoms with Crippen LogP contribution in [0.15, 0.2) is 4.99 Å². The number of esters is 1. The van der Waals surface area contributed by atoms with Gasteiger partial charge in [-0.05, 0) is 19.1 Å². The number of carbonyl (C=O) groups is 1. The number of hydrogen-bond donors (Lipinski definition) is 0. The van der Waals surface area contributed by atoms with Crippen LogP contribution in [0.5, 0.6) is 0 Å². The van der Waals surface area contributed by atoms with Gasteiger partial charge in [0.2, 0.25) is 0 Å². The van der Waals surface area contributed by atoms with Crippen molar-refractivity contribution in [1.29, 1.82) is 0 Å². The van der Waals surface area contributed by atoms with Gasteiger partial charge < -0.3 is 4.74 Å². The predicted octanol–water partition coefficient (Wildman–Crippen LogP) is 0.00380. The summed E-state index contributed by atoms with van der Waals surface area (Å²) in [5, 5.41) is 2.06. The van der Waals surface area contributed by atoms with Gasteiger partial charge in [0.25, 0.3) is 0 Å². The van der Waals surface area contributed by atoms with E-state index in [0.717, 1.165) is 0 Å². The Morgan fingerprint density at radius 3 is 2.80 bits per heavy atom. The fourth-order valence-corrected chi connectivity index (χ4v) is 0.368. The summed E-state index contributed by atoms with van der Waals surface area (Å²) >= 11 is 4.23. The summed E-state index contributed by atoms with van der Waals surface area (Å²) in [6, 6.07) is 0. The Labute approximate surface area is 77.0 Å². The number of aliphatic imine (C=N–C) groups is 1. The molecule has 52 valence electrons. The van der Waals surface area contributed by atoms with E-state index in [-0.39, 0.29) is 31.4 Å². The van der Waals surface area contributed by atoms with Crippen LogP contribution in [0.3, 0.4) is 0 Å². The van der Waals surface area contributed by atoms with Gasteiger partial charge in [0.05, 0.1) is 11.8 Å². The van der Waals surface area contributed by atoms with Gasteiger partial charge in [-0.1, -0.05) is 0 Å². The third kappa shape index (κ3) is 7.87. The molecule has 0 aromatic heterocycles. The van der Waals surface area contributed by atoms with Crippen molar-refractivity contribution >= 4 is 42.2 Å². The third-order valence-electron chi connectivity index (χ3n) is 0.578. The van der Waals surface area contributed by atoms with Crippen LogP contribution >= 0.6 is 12.2 Å². The Hall–Kier alpha value is -0.133. The van der Waals surface area contributed by atoms with Crippen LogP contribution in [0.2, 0.25) is 0 Å². The summed E-state index contributed by atoms with van der Waals surface area (Å²) in [6.07, 6.45) is 0. The average Bonchev–Trinajstić information content (AvgIpc) is 1.85. The van der Waals surface area contributed by atoms with Crippen LogP contribution in [0, 0.1) is 0 Å². The maximum atomic E-state index is 10.4. The molecule has 0 aliphatic rings. The topological polar surface area (TPSA) is 38.7 Å². The molecule has 10 heavy (non-hydrogen) atoms. The van der Waals surface area contributed by atoms with Crippen molar-refractivity contribution in [1.82, 2.24) is 0 Å². The molecule has 0 amide bonds. The van der Waals surface area contributed by atoms with E-state index in [1.807, 2.05) is 0 Å². The van der Waals surface area contributed by atoms with Gasteiger partial charge in [0, 0.05) is 0 Å². The normalized spacial score (nSPS) is 6.90. The summed E-state index contributed by atoms with van der Waals surface area (Å²) in [4.78, 5) is 13.8. The van der Waals surface area contributed by atoms with E-state index in [0.29, 0.717) is 6.61 Å². The van der Waals surface area contributed by atoms with E-state index in [4.69, 9.17) is 0 Å². The Morgan fingerprint density at radius 2 is 2.40 bits per heavy atom. The van der Waals surface area contributed by atoms with E-state index in [1.54, 1.807) is 6.92 Å².